The van der Waals surface area contributed by atoms with Crippen molar-refractivity contribution >= 4 is 6.09 Å². The predicted octanol–water partition coefficient (Wildman–Crippen LogP) is 4.41. The van der Waals surface area contributed by atoms with E-state index in [0.717, 1.165) is 5.56 Å². The van der Waals surface area contributed by atoms with E-state index >= 15 is 0 Å². The van der Waals surface area contributed by atoms with Gasteiger partial charge in [0.05, 0.1) is 0 Å². The van der Waals surface area contributed by atoms with E-state index in [9.17, 15) is 10.0 Å². The first kappa shape index (κ1) is 17.6. The molecule has 0 aliphatic rings. The molecule has 1 atom stereocenters. The summed E-state index contributed by atoms with van der Waals surface area (Å²) in [4.78, 5) is 12.2. The van der Waals surface area contributed by atoms with Crippen molar-refractivity contribution < 1.29 is 14.7 Å². The summed E-state index contributed by atoms with van der Waals surface area (Å²) in [5.74, 6) is 5.93. The second-order valence-corrected chi connectivity index (χ2v) is 6.27. The molecule has 1 amide bonds. The van der Waals surface area contributed by atoms with Gasteiger partial charge in [0.25, 0.3) is 0 Å². The first-order valence-electron chi connectivity index (χ1n) is 7.69. The van der Waals surface area contributed by atoms with Gasteiger partial charge in [-0.15, -0.1) is 0 Å². The number of hydrogen-bond acceptors (Lipinski definition) is 3. The normalized spacial score (nSPS) is 11.8. The van der Waals surface area contributed by atoms with Crippen molar-refractivity contribution in [3.63, 3.8) is 0 Å². The lowest BCUT2D eigenvalue weighted by Crippen LogP contribution is -2.36. The molecule has 2 aromatic carbocycles. The first-order chi connectivity index (χ1) is 11.4. The van der Waals surface area contributed by atoms with Crippen molar-refractivity contribution in [1.29, 1.82) is 0 Å². The molecule has 0 saturated carbocycles. The van der Waals surface area contributed by atoms with Crippen LogP contribution < -0.4 is 0 Å². The van der Waals surface area contributed by atoms with Crippen LogP contribution in [0.4, 0.5) is 4.79 Å². The molecule has 0 saturated heterocycles. The monoisotopic (exact) mass is 323 g/mol. The van der Waals surface area contributed by atoms with Crippen molar-refractivity contribution in [3.05, 3.63) is 71.8 Å². The summed E-state index contributed by atoms with van der Waals surface area (Å²) in [6, 6.07) is 17.7. The Morgan fingerprint density at radius 2 is 1.58 bits per heavy atom. The fourth-order valence-corrected chi connectivity index (χ4v) is 2.01. The Morgan fingerprint density at radius 3 is 2.12 bits per heavy atom. The Bertz CT molecular complexity index is 724. The Labute approximate surface area is 142 Å². The maximum Gasteiger partial charge on any atom is 0.435 e. The Hall–Kier alpha value is -2.77. The maximum atomic E-state index is 12.2. The van der Waals surface area contributed by atoms with E-state index in [4.69, 9.17) is 4.74 Å². The molecule has 124 valence electrons. The predicted molar refractivity (Wildman–Crippen MR) is 92.4 cm³/mol. The number of rotatable bonds is 2. The first-order valence-corrected chi connectivity index (χ1v) is 7.69. The lowest BCUT2D eigenvalue weighted by Gasteiger charge is -2.26. The van der Waals surface area contributed by atoms with Crippen molar-refractivity contribution in [3.8, 4) is 11.8 Å². The van der Waals surface area contributed by atoms with Crippen LogP contribution in [0.3, 0.4) is 0 Å². The van der Waals surface area contributed by atoms with Crippen molar-refractivity contribution in [2.75, 3.05) is 0 Å². The average Bonchev–Trinajstić information content (AvgIpc) is 2.55. The van der Waals surface area contributed by atoms with Gasteiger partial charge in [0.1, 0.15) is 11.6 Å². The highest BCUT2D eigenvalue weighted by Crippen LogP contribution is 2.21. The minimum Gasteiger partial charge on any atom is -0.442 e. The number of benzene rings is 2. The minimum atomic E-state index is -0.835. The van der Waals surface area contributed by atoms with Crippen LogP contribution >= 0.6 is 0 Å². The quantitative estimate of drug-likeness (QED) is 0.506. The van der Waals surface area contributed by atoms with Gasteiger partial charge in [-0.1, -0.05) is 60.4 Å². The summed E-state index contributed by atoms with van der Waals surface area (Å²) in [5.41, 5.74) is 0.803. The summed E-state index contributed by atoms with van der Waals surface area (Å²) in [6.07, 6.45) is -0.835. The fraction of sp³-hybridized carbons (Fsp3) is 0.250. The summed E-state index contributed by atoms with van der Waals surface area (Å²) in [7, 11) is 0. The number of ether oxygens (including phenoxy) is 1. The molecule has 0 aliphatic heterocycles. The van der Waals surface area contributed by atoms with Gasteiger partial charge in [0, 0.05) is 5.56 Å². The molecule has 4 nitrogen and oxygen atoms in total. The van der Waals surface area contributed by atoms with Crippen LogP contribution in [-0.2, 0) is 4.74 Å². The third-order valence-corrected chi connectivity index (χ3v) is 3.07. The molecule has 1 N–H and O–H groups in total. The van der Waals surface area contributed by atoms with Gasteiger partial charge in [-0.25, -0.2) is 4.79 Å². The number of amides is 1. The number of hydrogen-bond donors (Lipinski definition) is 1. The molecule has 2 aromatic rings. The fourth-order valence-electron chi connectivity index (χ4n) is 2.01. The zero-order valence-electron chi connectivity index (χ0n) is 14.1. The van der Waals surface area contributed by atoms with Crippen LogP contribution in [-0.4, -0.2) is 22.0 Å². The van der Waals surface area contributed by atoms with Crippen LogP contribution in [0.5, 0.6) is 0 Å². The van der Waals surface area contributed by atoms with E-state index in [1.54, 1.807) is 32.9 Å². The molecule has 0 aliphatic carbocycles. The van der Waals surface area contributed by atoms with Crippen molar-refractivity contribution in [2.45, 2.75) is 32.4 Å². The third kappa shape index (κ3) is 5.15. The smallest absolute Gasteiger partial charge is 0.435 e. The second-order valence-electron chi connectivity index (χ2n) is 6.27. The topological polar surface area (TPSA) is 49.8 Å². The van der Waals surface area contributed by atoms with Gasteiger partial charge in [-0.05, 0) is 38.5 Å². The molecule has 4 heteroatoms. The standard InChI is InChI=1S/C20H21NO3/c1-20(2,3)24-19(22)21(23)18(17-12-8-5-9-13-17)15-14-16-10-6-4-7-11-16/h4-13,18,23H,1-3H3. The molecule has 2 rings (SSSR count). The summed E-state index contributed by atoms with van der Waals surface area (Å²) in [5, 5.41) is 10.9. The zero-order chi connectivity index (χ0) is 17.6. The van der Waals surface area contributed by atoms with Gasteiger partial charge in [0.15, 0.2) is 0 Å². The highest BCUT2D eigenvalue weighted by Gasteiger charge is 2.27. The zero-order valence-corrected chi connectivity index (χ0v) is 14.1. The molecule has 0 bridgehead atoms. The molecular weight excluding hydrogens is 302 g/mol. The maximum absolute atomic E-state index is 12.2. The van der Waals surface area contributed by atoms with Gasteiger partial charge < -0.3 is 4.74 Å². The SMILES string of the molecule is CC(C)(C)OC(=O)N(O)C(C#Cc1ccccc1)c1ccccc1. The molecule has 0 heterocycles. The summed E-state index contributed by atoms with van der Waals surface area (Å²) < 4.78 is 5.22. The summed E-state index contributed by atoms with van der Waals surface area (Å²) in [6.45, 7) is 5.23. The molecule has 0 aromatic heterocycles. The summed E-state index contributed by atoms with van der Waals surface area (Å²) >= 11 is 0. The molecule has 1 unspecified atom stereocenters. The highest BCUT2D eigenvalue weighted by atomic mass is 16.6. The molecule has 0 radical (unpaired) electrons. The number of carbonyl (C=O) groups excluding carboxylic acids is 1. The van der Waals surface area contributed by atoms with Crippen LogP contribution in [0.1, 0.15) is 37.9 Å². The highest BCUT2D eigenvalue weighted by molar-refractivity contribution is 5.68. The molecule has 0 spiro atoms. The Kier molecular flexibility index (Phi) is 5.62. The second kappa shape index (κ2) is 7.67. The number of carbonyl (C=O) groups is 1. The van der Waals surface area contributed by atoms with E-state index in [-0.39, 0.29) is 0 Å². The van der Waals surface area contributed by atoms with Crippen LogP contribution in [0.2, 0.25) is 0 Å². The molecule has 0 fully saturated rings. The molecular formula is C20H21NO3. The average molecular weight is 323 g/mol. The largest absolute Gasteiger partial charge is 0.442 e. The van der Waals surface area contributed by atoms with Crippen LogP contribution in [0, 0.1) is 11.8 Å². The van der Waals surface area contributed by atoms with Gasteiger partial charge in [0.2, 0.25) is 0 Å². The molecule has 24 heavy (non-hydrogen) atoms. The van der Waals surface area contributed by atoms with Crippen LogP contribution in [0.15, 0.2) is 60.7 Å². The minimum absolute atomic E-state index is 0.538. The van der Waals surface area contributed by atoms with Crippen molar-refractivity contribution in [2.24, 2.45) is 0 Å². The van der Waals surface area contributed by atoms with E-state index in [2.05, 4.69) is 11.8 Å². The third-order valence-electron chi connectivity index (χ3n) is 3.07. The number of hydroxylamine groups is 2. The van der Waals surface area contributed by atoms with E-state index in [0.29, 0.717) is 10.6 Å². The lowest BCUT2D eigenvalue weighted by atomic mass is 10.1. The van der Waals surface area contributed by atoms with Gasteiger partial charge in [-0.3, -0.25) is 5.21 Å². The van der Waals surface area contributed by atoms with E-state index in [1.165, 1.54) is 0 Å². The van der Waals surface area contributed by atoms with Gasteiger partial charge >= 0.3 is 6.09 Å². The Balaban J connectivity index is 2.30. The van der Waals surface area contributed by atoms with Gasteiger partial charge in [-0.2, -0.15) is 5.06 Å². The number of nitrogens with zero attached hydrogens (tertiary/aromatic N) is 1. The van der Waals surface area contributed by atoms with Crippen molar-refractivity contribution in [1.82, 2.24) is 5.06 Å². The van der Waals surface area contributed by atoms with E-state index < -0.39 is 17.7 Å². The van der Waals surface area contributed by atoms with E-state index in [1.807, 2.05) is 48.5 Å². The Morgan fingerprint density at radius 1 is 1.04 bits per heavy atom. The van der Waals surface area contributed by atoms with Crippen LogP contribution in [0.25, 0.3) is 0 Å². The lowest BCUT2D eigenvalue weighted by molar-refractivity contribution is -0.109.